The number of hydrogen-bond acceptors (Lipinski definition) is 5. The first-order chi connectivity index (χ1) is 8.60. The maximum atomic E-state index is 11.3. The number of rotatable bonds is 4. The van der Waals surface area contributed by atoms with Crippen LogP contribution in [0.4, 0.5) is 5.69 Å². The zero-order valence-electron chi connectivity index (χ0n) is 9.80. The molecule has 0 spiro atoms. The third-order valence-corrected chi connectivity index (χ3v) is 3.26. The van der Waals surface area contributed by atoms with Crippen molar-refractivity contribution in [3.05, 3.63) is 29.6 Å². The number of aryl methyl sites for hydroxylation is 1. The lowest BCUT2D eigenvalue weighted by molar-refractivity contribution is 0.0997. The molecule has 0 radical (unpaired) electrons. The number of carbonyl (C=O) groups excluding carboxylic acids is 1. The van der Waals surface area contributed by atoms with E-state index in [-0.39, 0.29) is 0 Å². The number of carbonyl (C=O) groups is 1. The summed E-state index contributed by atoms with van der Waals surface area (Å²) in [5, 5.41) is 7.42. The van der Waals surface area contributed by atoms with Gasteiger partial charge in [0.05, 0.1) is 5.56 Å². The largest absolute Gasteiger partial charge is 0.399 e. The first kappa shape index (κ1) is 12.4. The Kier molecular flexibility index (Phi) is 3.52. The first-order valence-corrected chi connectivity index (χ1v) is 6.20. The van der Waals surface area contributed by atoms with Crippen molar-refractivity contribution in [3.8, 4) is 0 Å². The fraction of sp³-hybridized carbons (Fsp3) is 0.182. The number of nitrogens with two attached hydrogens (primary N) is 2. The molecule has 7 heteroatoms. The van der Waals surface area contributed by atoms with Crippen LogP contribution < -0.4 is 11.5 Å². The second-order valence-electron chi connectivity index (χ2n) is 3.64. The maximum absolute atomic E-state index is 11.3. The molecule has 5 N–H and O–H groups in total. The van der Waals surface area contributed by atoms with Crippen molar-refractivity contribution in [2.45, 2.75) is 23.4 Å². The van der Waals surface area contributed by atoms with Crippen LogP contribution in [-0.2, 0) is 6.42 Å². The molecule has 2 aromatic rings. The number of nitrogen functional groups attached to an aromatic ring is 1. The molecule has 0 saturated heterocycles. The smallest absolute Gasteiger partial charge is 0.249 e. The van der Waals surface area contributed by atoms with E-state index < -0.39 is 5.91 Å². The molecule has 0 aliphatic rings. The van der Waals surface area contributed by atoms with Crippen LogP contribution >= 0.6 is 11.8 Å². The van der Waals surface area contributed by atoms with Gasteiger partial charge in [0, 0.05) is 17.0 Å². The summed E-state index contributed by atoms with van der Waals surface area (Å²) in [5.74, 6) is 0.282. The van der Waals surface area contributed by atoms with Gasteiger partial charge < -0.3 is 11.5 Å². The molecule has 1 heterocycles. The Labute approximate surface area is 108 Å². The Morgan fingerprint density at radius 3 is 2.89 bits per heavy atom. The highest BCUT2D eigenvalue weighted by Gasteiger charge is 2.12. The molecule has 0 aliphatic carbocycles. The molecule has 6 nitrogen and oxygen atoms in total. The summed E-state index contributed by atoms with van der Waals surface area (Å²) >= 11 is 1.28. The highest BCUT2D eigenvalue weighted by Crippen LogP contribution is 2.29. The number of primary amides is 1. The molecule has 18 heavy (non-hydrogen) atoms. The van der Waals surface area contributed by atoms with Crippen molar-refractivity contribution in [2.75, 3.05) is 5.73 Å². The van der Waals surface area contributed by atoms with Crippen molar-refractivity contribution in [3.63, 3.8) is 0 Å². The molecule has 0 aliphatic heterocycles. The van der Waals surface area contributed by atoms with E-state index >= 15 is 0 Å². The van der Waals surface area contributed by atoms with Gasteiger partial charge in [-0.05, 0) is 30.0 Å². The monoisotopic (exact) mass is 263 g/mol. The predicted molar refractivity (Wildman–Crippen MR) is 69.3 cm³/mol. The fourth-order valence-corrected chi connectivity index (χ4v) is 2.26. The lowest BCUT2D eigenvalue weighted by atomic mass is 10.2. The topological polar surface area (TPSA) is 111 Å². The molecule has 0 atom stereocenters. The zero-order chi connectivity index (χ0) is 13.1. The summed E-state index contributed by atoms with van der Waals surface area (Å²) in [6.07, 6.45) is 0.776. The molecular formula is C11H13N5OS. The highest BCUT2D eigenvalue weighted by molar-refractivity contribution is 7.99. The van der Waals surface area contributed by atoms with Crippen molar-refractivity contribution < 1.29 is 4.79 Å². The Bertz CT molecular complexity index is 581. The standard InChI is InChI=1S/C11H13N5OS/c1-2-9-14-11(16-15-9)18-8-4-3-6(12)5-7(8)10(13)17/h3-5H,2,12H2,1H3,(H2,13,17)(H,14,15,16). The van der Waals surface area contributed by atoms with Gasteiger partial charge >= 0.3 is 0 Å². The van der Waals surface area contributed by atoms with Crippen molar-refractivity contribution in [1.82, 2.24) is 15.2 Å². The molecule has 94 valence electrons. The van der Waals surface area contributed by atoms with Gasteiger partial charge in [-0.1, -0.05) is 6.92 Å². The van der Waals surface area contributed by atoms with Crippen LogP contribution in [-0.4, -0.2) is 21.1 Å². The molecule has 0 saturated carbocycles. The molecule has 2 rings (SSSR count). The van der Waals surface area contributed by atoms with Crippen LogP contribution in [0.5, 0.6) is 0 Å². The number of nitrogens with zero attached hydrogens (tertiary/aromatic N) is 2. The van der Waals surface area contributed by atoms with Crippen LogP contribution in [0.1, 0.15) is 23.1 Å². The van der Waals surface area contributed by atoms with Crippen LogP contribution in [0.15, 0.2) is 28.3 Å². The average Bonchev–Trinajstić information content (AvgIpc) is 2.79. The summed E-state index contributed by atoms with van der Waals surface area (Å²) in [6.45, 7) is 1.98. The second kappa shape index (κ2) is 5.09. The molecule has 1 aromatic carbocycles. The second-order valence-corrected chi connectivity index (χ2v) is 4.65. The number of amides is 1. The van der Waals surface area contributed by atoms with E-state index in [2.05, 4.69) is 15.2 Å². The minimum atomic E-state index is -0.518. The minimum Gasteiger partial charge on any atom is -0.399 e. The lowest BCUT2D eigenvalue weighted by Crippen LogP contribution is -2.12. The molecular weight excluding hydrogens is 250 g/mol. The number of benzene rings is 1. The van der Waals surface area contributed by atoms with E-state index in [1.807, 2.05) is 6.92 Å². The SMILES string of the molecule is CCc1nc(Sc2ccc(N)cc2C(N)=O)n[nH]1. The minimum absolute atomic E-state index is 0.378. The van der Waals surface area contributed by atoms with Gasteiger partial charge in [-0.3, -0.25) is 9.89 Å². The summed E-state index contributed by atoms with van der Waals surface area (Å²) in [4.78, 5) is 16.3. The summed E-state index contributed by atoms with van der Waals surface area (Å²) in [7, 11) is 0. The number of nitrogens with one attached hydrogen (secondary N) is 1. The van der Waals surface area contributed by atoms with Gasteiger partial charge in [-0.2, -0.15) is 0 Å². The number of hydrogen-bond donors (Lipinski definition) is 3. The third kappa shape index (κ3) is 2.62. The van der Waals surface area contributed by atoms with Crippen LogP contribution in [0.25, 0.3) is 0 Å². The van der Waals surface area contributed by atoms with E-state index in [0.717, 1.165) is 12.2 Å². The van der Waals surface area contributed by atoms with Crippen LogP contribution in [0.2, 0.25) is 0 Å². The molecule has 0 bridgehead atoms. The first-order valence-electron chi connectivity index (χ1n) is 5.38. The molecule has 0 fully saturated rings. The van der Waals surface area contributed by atoms with Gasteiger partial charge in [0.2, 0.25) is 11.1 Å². The highest BCUT2D eigenvalue weighted by atomic mass is 32.2. The summed E-state index contributed by atoms with van der Waals surface area (Å²) < 4.78 is 0. The fourth-order valence-electron chi connectivity index (χ4n) is 1.41. The quantitative estimate of drug-likeness (QED) is 0.718. The van der Waals surface area contributed by atoms with Crippen LogP contribution in [0.3, 0.4) is 0 Å². The normalized spacial score (nSPS) is 10.5. The summed E-state index contributed by atoms with van der Waals surface area (Å²) in [6, 6.07) is 5.00. The van der Waals surface area contributed by atoms with E-state index in [0.29, 0.717) is 21.3 Å². The number of aromatic amines is 1. The summed E-state index contributed by atoms with van der Waals surface area (Å²) in [5.41, 5.74) is 11.8. The van der Waals surface area contributed by atoms with Crippen LogP contribution in [0, 0.1) is 0 Å². The van der Waals surface area contributed by atoms with Crippen molar-refractivity contribution in [2.24, 2.45) is 5.73 Å². The lowest BCUT2D eigenvalue weighted by Gasteiger charge is -2.04. The zero-order valence-corrected chi connectivity index (χ0v) is 10.6. The van der Waals surface area contributed by atoms with Gasteiger partial charge in [0.1, 0.15) is 5.82 Å². The Morgan fingerprint density at radius 2 is 2.28 bits per heavy atom. The van der Waals surface area contributed by atoms with E-state index in [1.165, 1.54) is 11.8 Å². The number of aromatic nitrogens is 3. The molecule has 1 aromatic heterocycles. The molecule has 0 unspecified atom stereocenters. The van der Waals surface area contributed by atoms with Crippen molar-refractivity contribution >= 4 is 23.4 Å². The Balaban J connectivity index is 2.30. The Hall–Kier alpha value is -2.02. The third-order valence-electron chi connectivity index (χ3n) is 2.32. The van der Waals surface area contributed by atoms with E-state index in [1.54, 1.807) is 18.2 Å². The predicted octanol–water partition coefficient (Wildman–Crippen LogP) is 1.20. The van der Waals surface area contributed by atoms with Gasteiger partial charge in [-0.25, -0.2) is 4.98 Å². The number of anilines is 1. The van der Waals surface area contributed by atoms with Crippen molar-refractivity contribution in [1.29, 1.82) is 0 Å². The molecule has 1 amide bonds. The average molecular weight is 263 g/mol. The number of H-pyrrole nitrogens is 1. The van der Waals surface area contributed by atoms with E-state index in [9.17, 15) is 4.79 Å². The van der Waals surface area contributed by atoms with Gasteiger partial charge in [0.25, 0.3) is 0 Å². The van der Waals surface area contributed by atoms with Gasteiger partial charge in [-0.15, -0.1) is 5.10 Å². The van der Waals surface area contributed by atoms with Gasteiger partial charge in [0.15, 0.2) is 0 Å². The van der Waals surface area contributed by atoms with E-state index in [4.69, 9.17) is 11.5 Å². The maximum Gasteiger partial charge on any atom is 0.249 e. The Morgan fingerprint density at radius 1 is 1.50 bits per heavy atom.